The van der Waals surface area contributed by atoms with E-state index in [0.717, 1.165) is 62.0 Å². The van der Waals surface area contributed by atoms with Crippen LogP contribution in [-0.4, -0.2) is 24.6 Å². The zero-order valence-electron chi connectivity index (χ0n) is 31.9. The smallest absolute Gasteiger partial charge is 0.248 e. The van der Waals surface area contributed by atoms with Gasteiger partial charge in [0.1, 0.15) is 11.1 Å². The molecule has 0 N–H and O–H groups in total. The zero-order valence-corrected chi connectivity index (χ0v) is 31.9. The van der Waals surface area contributed by atoms with Crippen LogP contribution in [0.4, 0.5) is 11.4 Å². The highest BCUT2D eigenvalue weighted by Crippen LogP contribution is 2.48. The normalized spacial score (nSPS) is 15.7. The maximum absolute atomic E-state index is 6.27. The van der Waals surface area contributed by atoms with E-state index in [1.807, 2.05) is 24.3 Å². The number of anilines is 2. The molecule has 10 aromatic rings. The standard InChI is InChI=1S/C52H37N5O/c1-3-15-43-38(4-2)41-30-33(34-25-28-46-42(31-34)39-20-11-13-22-44(39)54(46)35-16-7-5-8-17-35)24-27-45(41)55(43)37-26-29-47-48(32-37)56(36-18-9-6-10-19-36)52-53-51-50(57(47)52)40-21-12-14-23-49(40)58-51/h3-21,23-32,44H,1,22H2,2H3/b38-4-,43-15+. The molecule has 0 spiro atoms. The van der Waals surface area contributed by atoms with E-state index in [2.05, 4.69) is 184 Å². The first-order valence-corrected chi connectivity index (χ1v) is 19.9. The summed E-state index contributed by atoms with van der Waals surface area (Å²) in [6.45, 7) is 6.28. The molecule has 0 saturated heterocycles. The highest BCUT2D eigenvalue weighted by molar-refractivity contribution is 6.06. The molecule has 4 aromatic heterocycles. The molecule has 0 saturated carbocycles. The van der Waals surface area contributed by atoms with Crippen molar-refractivity contribution in [1.82, 2.24) is 18.5 Å². The van der Waals surface area contributed by atoms with Gasteiger partial charge in [0.2, 0.25) is 11.5 Å². The molecule has 1 aliphatic heterocycles. The van der Waals surface area contributed by atoms with E-state index < -0.39 is 0 Å². The Kier molecular flexibility index (Phi) is 7.02. The van der Waals surface area contributed by atoms with Gasteiger partial charge in [0.05, 0.1) is 27.9 Å². The fourth-order valence-corrected chi connectivity index (χ4v) is 9.62. The van der Waals surface area contributed by atoms with Crippen molar-refractivity contribution in [3.8, 4) is 22.5 Å². The van der Waals surface area contributed by atoms with Crippen molar-refractivity contribution < 1.29 is 4.42 Å². The van der Waals surface area contributed by atoms with Crippen LogP contribution in [0.25, 0.3) is 90.1 Å². The fourth-order valence-electron chi connectivity index (χ4n) is 9.62. The van der Waals surface area contributed by atoms with Gasteiger partial charge >= 0.3 is 0 Å². The van der Waals surface area contributed by atoms with Gasteiger partial charge in [-0.25, -0.2) is 0 Å². The van der Waals surface area contributed by atoms with E-state index in [-0.39, 0.29) is 0 Å². The number of imidazole rings is 2. The van der Waals surface area contributed by atoms with Gasteiger partial charge in [0.25, 0.3) is 0 Å². The second-order valence-corrected chi connectivity index (χ2v) is 15.1. The lowest BCUT2D eigenvalue weighted by molar-refractivity contribution is 0.656. The first-order chi connectivity index (χ1) is 28.7. The molecule has 0 amide bonds. The first-order valence-electron chi connectivity index (χ1n) is 19.9. The highest BCUT2D eigenvalue weighted by atomic mass is 16.3. The van der Waals surface area contributed by atoms with E-state index in [1.165, 1.54) is 44.2 Å². The molecule has 0 radical (unpaired) electrons. The average molecular weight is 748 g/mol. The van der Waals surface area contributed by atoms with Crippen LogP contribution < -0.4 is 15.5 Å². The predicted octanol–water partition coefficient (Wildman–Crippen LogP) is 11.4. The Labute approximate surface area is 334 Å². The SMILES string of the molecule is C=C/C=c1\c(=C/C)c2cc(-c3ccc4c(c3)C3=CC=CCC3N4c3ccccc3)ccc2n1-c1ccc2c(c1)n(-c1ccccc1)c1nc3oc4ccccc4c3n21. The molecule has 12 rings (SSSR count). The lowest BCUT2D eigenvalue weighted by Gasteiger charge is -2.28. The number of benzene rings is 6. The maximum atomic E-state index is 6.27. The number of hydrogen-bond donors (Lipinski definition) is 0. The van der Waals surface area contributed by atoms with Crippen LogP contribution in [0.2, 0.25) is 0 Å². The van der Waals surface area contributed by atoms with Crippen LogP contribution in [0.5, 0.6) is 0 Å². The fraction of sp³-hybridized carbons (Fsp3) is 0.0577. The zero-order chi connectivity index (χ0) is 38.5. The summed E-state index contributed by atoms with van der Waals surface area (Å²) in [4.78, 5) is 7.61. The molecule has 0 fully saturated rings. The van der Waals surface area contributed by atoms with Crippen LogP contribution in [0.1, 0.15) is 18.9 Å². The molecule has 6 nitrogen and oxygen atoms in total. The summed E-state index contributed by atoms with van der Waals surface area (Å²) in [5.74, 6) is 0.813. The lowest BCUT2D eigenvalue weighted by Crippen LogP contribution is -2.27. The second kappa shape index (κ2) is 12.5. The Bertz CT molecular complexity index is 3520. The summed E-state index contributed by atoms with van der Waals surface area (Å²) in [7, 11) is 0. The first kappa shape index (κ1) is 32.7. The van der Waals surface area contributed by atoms with Crippen molar-refractivity contribution >= 4 is 79.0 Å². The van der Waals surface area contributed by atoms with Crippen LogP contribution in [-0.2, 0) is 0 Å². The molecular formula is C52H37N5O. The quantitative estimate of drug-likeness (QED) is 0.176. The van der Waals surface area contributed by atoms with Crippen molar-refractivity contribution in [1.29, 1.82) is 0 Å². The summed E-state index contributed by atoms with van der Waals surface area (Å²) in [5.41, 5.74) is 15.3. The third-order valence-electron chi connectivity index (χ3n) is 12.1. The summed E-state index contributed by atoms with van der Waals surface area (Å²) in [6, 6.07) is 50.3. The van der Waals surface area contributed by atoms with Gasteiger partial charge in [-0.15, -0.1) is 0 Å². The van der Waals surface area contributed by atoms with E-state index in [1.54, 1.807) is 0 Å². The van der Waals surface area contributed by atoms with Gasteiger partial charge in [0, 0.05) is 44.3 Å². The van der Waals surface area contributed by atoms with Crippen molar-refractivity contribution in [3.63, 3.8) is 0 Å². The minimum Gasteiger partial charge on any atom is -0.436 e. The molecule has 58 heavy (non-hydrogen) atoms. The minimum absolute atomic E-state index is 0.294. The topological polar surface area (TPSA) is 43.5 Å². The van der Waals surface area contributed by atoms with E-state index in [0.29, 0.717) is 11.8 Å². The summed E-state index contributed by atoms with van der Waals surface area (Å²) < 4.78 is 13.1. The molecule has 2 aliphatic rings. The van der Waals surface area contributed by atoms with Gasteiger partial charge in [-0.05, 0) is 115 Å². The van der Waals surface area contributed by atoms with Gasteiger partial charge < -0.3 is 13.9 Å². The number of rotatable bonds is 5. The van der Waals surface area contributed by atoms with E-state index >= 15 is 0 Å². The van der Waals surface area contributed by atoms with Gasteiger partial charge in [0.15, 0.2) is 0 Å². The molecular weight excluding hydrogens is 711 g/mol. The Balaban J connectivity index is 1.05. The Morgan fingerprint density at radius 1 is 0.707 bits per heavy atom. The third kappa shape index (κ3) is 4.57. The molecule has 5 heterocycles. The highest BCUT2D eigenvalue weighted by Gasteiger charge is 2.35. The lowest BCUT2D eigenvalue weighted by atomic mass is 9.93. The van der Waals surface area contributed by atoms with Crippen LogP contribution in [0.3, 0.4) is 0 Å². The Morgan fingerprint density at radius 2 is 1.47 bits per heavy atom. The van der Waals surface area contributed by atoms with Gasteiger partial charge in [-0.1, -0.05) is 97.6 Å². The molecule has 6 aromatic carbocycles. The van der Waals surface area contributed by atoms with Crippen molar-refractivity contribution in [2.45, 2.75) is 19.4 Å². The number of fused-ring (bicyclic) bond motifs is 11. The van der Waals surface area contributed by atoms with Crippen molar-refractivity contribution in [2.75, 3.05) is 4.90 Å². The Hall–Kier alpha value is -7.57. The summed E-state index contributed by atoms with van der Waals surface area (Å²) >= 11 is 0. The van der Waals surface area contributed by atoms with Gasteiger partial charge in [-0.2, -0.15) is 4.98 Å². The molecule has 1 unspecified atom stereocenters. The second-order valence-electron chi connectivity index (χ2n) is 15.1. The summed E-state index contributed by atoms with van der Waals surface area (Å²) in [5, 5.41) is 4.50. The Morgan fingerprint density at radius 3 is 2.29 bits per heavy atom. The molecule has 1 atom stereocenters. The van der Waals surface area contributed by atoms with Crippen molar-refractivity contribution in [2.24, 2.45) is 0 Å². The molecule has 1 aliphatic carbocycles. The minimum atomic E-state index is 0.294. The number of nitrogens with zero attached hydrogens (tertiary/aromatic N) is 5. The van der Waals surface area contributed by atoms with Crippen LogP contribution in [0, 0.1) is 0 Å². The van der Waals surface area contributed by atoms with Crippen LogP contribution in [0.15, 0.2) is 175 Å². The predicted molar refractivity (Wildman–Crippen MR) is 240 cm³/mol. The monoisotopic (exact) mass is 747 g/mol. The van der Waals surface area contributed by atoms with E-state index in [4.69, 9.17) is 9.40 Å². The number of allylic oxidation sites excluding steroid dienone is 3. The number of hydrogen-bond acceptors (Lipinski definition) is 3. The number of para-hydroxylation sites is 3. The average Bonchev–Trinajstić information content (AvgIpc) is 4.05. The van der Waals surface area contributed by atoms with E-state index in [9.17, 15) is 0 Å². The van der Waals surface area contributed by atoms with Gasteiger partial charge in [-0.3, -0.25) is 8.97 Å². The number of furan rings is 1. The largest absolute Gasteiger partial charge is 0.436 e. The van der Waals surface area contributed by atoms with Crippen molar-refractivity contribution in [3.05, 3.63) is 187 Å². The third-order valence-corrected chi connectivity index (χ3v) is 12.1. The number of aromatic nitrogens is 4. The molecule has 6 heteroatoms. The van der Waals surface area contributed by atoms with Crippen LogP contribution >= 0.6 is 0 Å². The molecule has 0 bridgehead atoms. The molecule has 276 valence electrons. The maximum Gasteiger partial charge on any atom is 0.248 e. The summed E-state index contributed by atoms with van der Waals surface area (Å²) in [6.07, 6.45) is 14.0.